The molecule has 1 fully saturated rings. The molecule has 6 heteroatoms. The third kappa shape index (κ3) is 3.59. The zero-order chi connectivity index (χ0) is 16.5. The number of rotatable bonds is 2. The minimum atomic E-state index is -4.49. The molecule has 122 valence electrons. The maximum absolute atomic E-state index is 12.6. The molecule has 0 spiro atoms. The molecule has 0 bridgehead atoms. The van der Waals surface area contributed by atoms with Gasteiger partial charge in [-0.2, -0.15) is 13.2 Å². The second-order valence-electron chi connectivity index (χ2n) is 6.17. The van der Waals surface area contributed by atoms with Gasteiger partial charge in [-0.25, -0.2) is 4.98 Å². The zero-order valence-electron chi connectivity index (χ0n) is 13.0. The molecule has 2 rings (SSSR count). The molecular weight excluding hydrogens is 293 g/mol. The van der Waals surface area contributed by atoms with E-state index in [1.165, 1.54) is 13.0 Å². The molecule has 0 unspecified atom stereocenters. The Hall–Kier alpha value is -1.59. The van der Waals surface area contributed by atoms with Gasteiger partial charge >= 0.3 is 6.18 Å². The first-order valence-corrected chi connectivity index (χ1v) is 7.56. The van der Waals surface area contributed by atoms with E-state index in [4.69, 9.17) is 0 Å². The molecule has 1 N–H and O–H groups in total. The number of aromatic nitrogens is 1. The summed E-state index contributed by atoms with van der Waals surface area (Å²) in [7, 11) is 0. The predicted octanol–water partition coefficient (Wildman–Crippen LogP) is 3.96. The number of aryl methyl sites for hydroxylation is 1. The Bertz CT molecular complexity index is 557. The SMILES string of the molecule is Cc1nc(C(F)(F)F)ccc1C(=O)N[C@@H]1CCC[C@@H](C)[C@@H]1C. The van der Waals surface area contributed by atoms with Gasteiger partial charge in [0.15, 0.2) is 0 Å². The zero-order valence-corrected chi connectivity index (χ0v) is 13.0. The number of hydrogen-bond acceptors (Lipinski definition) is 2. The van der Waals surface area contributed by atoms with E-state index in [0.29, 0.717) is 11.8 Å². The second kappa shape index (κ2) is 6.26. The highest BCUT2D eigenvalue weighted by Gasteiger charge is 2.33. The lowest BCUT2D eigenvalue weighted by atomic mass is 9.78. The summed E-state index contributed by atoms with van der Waals surface area (Å²) in [5.41, 5.74) is -0.663. The van der Waals surface area contributed by atoms with Crippen LogP contribution >= 0.6 is 0 Å². The number of pyridine rings is 1. The van der Waals surface area contributed by atoms with E-state index in [9.17, 15) is 18.0 Å². The van der Waals surface area contributed by atoms with Crippen LogP contribution in [0.5, 0.6) is 0 Å². The van der Waals surface area contributed by atoms with Crippen molar-refractivity contribution in [2.24, 2.45) is 11.8 Å². The Morgan fingerprint density at radius 1 is 1.27 bits per heavy atom. The number of carbonyl (C=O) groups excluding carboxylic acids is 1. The molecule has 0 saturated heterocycles. The summed E-state index contributed by atoms with van der Waals surface area (Å²) < 4.78 is 37.8. The number of halogens is 3. The van der Waals surface area contributed by atoms with Crippen molar-refractivity contribution in [3.05, 3.63) is 29.1 Å². The van der Waals surface area contributed by atoms with Crippen LogP contribution in [-0.2, 0) is 6.18 Å². The summed E-state index contributed by atoms with van der Waals surface area (Å²) in [5.74, 6) is 0.552. The van der Waals surface area contributed by atoms with Gasteiger partial charge in [0.05, 0.1) is 11.3 Å². The van der Waals surface area contributed by atoms with Crippen molar-refractivity contribution in [1.82, 2.24) is 10.3 Å². The van der Waals surface area contributed by atoms with E-state index in [0.717, 1.165) is 25.3 Å². The van der Waals surface area contributed by atoms with Gasteiger partial charge in [0.2, 0.25) is 0 Å². The lowest BCUT2D eigenvalue weighted by Gasteiger charge is -2.34. The van der Waals surface area contributed by atoms with Crippen LogP contribution in [0.15, 0.2) is 12.1 Å². The number of nitrogens with one attached hydrogen (secondary N) is 1. The first kappa shape index (κ1) is 16.8. The van der Waals surface area contributed by atoms with Crippen molar-refractivity contribution in [3.63, 3.8) is 0 Å². The molecular formula is C16H21F3N2O. The summed E-state index contributed by atoms with van der Waals surface area (Å²) in [4.78, 5) is 15.8. The van der Waals surface area contributed by atoms with Gasteiger partial charge in [0.1, 0.15) is 5.69 Å². The lowest BCUT2D eigenvalue weighted by Crippen LogP contribution is -2.44. The van der Waals surface area contributed by atoms with Crippen LogP contribution in [0.1, 0.15) is 54.9 Å². The maximum Gasteiger partial charge on any atom is 0.433 e. The molecule has 1 aromatic rings. The summed E-state index contributed by atoms with van der Waals surface area (Å²) in [6, 6.07) is 2.13. The summed E-state index contributed by atoms with van der Waals surface area (Å²) in [5, 5.41) is 2.95. The summed E-state index contributed by atoms with van der Waals surface area (Å²) >= 11 is 0. The highest BCUT2D eigenvalue weighted by Crippen LogP contribution is 2.30. The number of alkyl halides is 3. The molecule has 1 aliphatic rings. The summed E-state index contributed by atoms with van der Waals surface area (Å²) in [6.07, 6.45) is -1.38. The Morgan fingerprint density at radius 3 is 2.55 bits per heavy atom. The molecule has 1 aromatic heterocycles. The number of carbonyl (C=O) groups is 1. The van der Waals surface area contributed by atoms with Gasteiger partial charge < -0.3 is 5.32 Å². The topological polar surface area (TPSA) is 42.0 Å². The van der Waals surface area contributed by atoms with E-state index >= 15 is 0 Å². The minimum Gasteiger partial charge on any atom is -0.349 e. The number of amides is 1. The molecule has 3 nitrogen and oxygen atoms in total. The van der Waals surface area contributed by atoms with Crippen molar-refractivity contribution in [2.45, 2.75) is 52.3 Å². The molecule has 0 aromatic carbocycles. The average Bonchev–Trinajstić information content (AvgIpc) is 2.42. The van der Waals surface area contributed by atoms with Crippen molar-refractivity contribution < 1.29 is 18.0 Å². The van der Waals surface area contributed by atoms with E-state index in [-0.39, 0.29) is 23.2 Å². The van der Waals surface area contributed by atoms with Crippen LogP contribution in [0.2, 0.25) is 0 Å². The fourth-order valence-electron chi connectivity index (χ4n) is 2.99. The van der Waals surface area contributed by atoms with Crippen LogP contribution in [-0.4, -0.2) is 16.9 Å². The fraction of sp³-hybridized carbons (Fsp3) is 0.625. The predicted molar refractivity (Wildman–Crippen MR) is 77.4 cm³/mol. The third-order valence-electron chi connectivity index (χ3n) is 4.64. The largest absolute Gasteiger partial charge is 0.433 e. The Balaban J connectivity index is 2.13. The minimum absolute atomic E-state index is 0.0675. The Morgan fingerprint density at radius 2 is 1.95 bits per heavy atom. The molecule has 3 atom stereocenters. The van der Waals surface area contributed by atoms with Crippen molar-refractivity contribution >= 4 is 5.91 Å². The third-order valence-corrected chi connectivity index (χ3v) is 4.64. The van der Waals surface area contributed by atoms with E-state index in [1.807, 2.05) is 0 Å². The van der Waals surface area contributed by atoms with Gasteiger partial charge in [0, 0.05) is 6.04 Å². The fourth-order valence-corrected chi connectivity index (χ4v) is 2.99. The molecule has 1 amide bonds. The van der Waals surface area contributed by atoms with Crippen LogP contribution in [0, 0.1) is 18.8 Å². The Labute approximate surface area is 128 Å². The maximum atomic E-state index is 12.6. The van der Waals surface area contributed by atoms with Crippen LogP contribution in [0.25, 0.3) is 0 Å². The molecule has 0 radical (unpaired) electrons. The van der Waals surface area contributed by atoms with Crippen LogP contribution in [0.3, 0.4) is 0 Å². The normalized spacial score (nSPS) is 25.8. The number of nitrogens with zero attached hydrogens (tertiary/aromatic N) is 1. The van der Waals surface area contributed by atoms with Crippen molar-refractivity contribution in [2.75, 3.05) is 0 Å². The second-order valence-corrected chi connectivity index (χ2v) is 6.17. The molecule has 0 aliphatic heterocycles. The van der Waals surface area contributed by atoms with Crippen LogP contribution in [0.4, 0.5) is 13.2 Å². The van der Waals surface area contributed by atoms with Gasteiger partial charge in [-0.05, 0) is 37.3 Å². The van der Waals surface area contributed by atoms with E-state index in [2.05, 4.69) is 24.1 Å². The van der Waals surface area contributed by atoms with Crippen LogP contribution < -0.4 is 5.32 Å². The number of hydrogen-bond donors (Lipinski definition) is 1. The Kier molecular flexibility index (Phi) is 4.78. The van der Waals surface area contributed by atoms with Gasteiger partial charge in [-0.3, -0.25) is 4.79 Å². The average molecular weight is 314 g/mol. The molecule has 1 aliphatic carbocycles. The highest BCUT2D eigenvalue weighted by atomic mass is 19.4. The first-order chi connectivity index (χ1) is 10.2. The smallest absolute Gasteiger partial charge is 0.349 e. The quantitative estimate of drug-likeness (QED) is 0.897. The van der Waals surface area contributed by atoms with E-state index in [1.54, 1.807) is 0 Å². The van der Waals surface area contributed by atoms with Gasteiger partial charge in [0.25, 0.3) is 5.91 Å². The van der Waals surface area contributed by atoms with Crippen molar-refractivity contribution in [3.8, 4) is 0 Å². The van der Waals surface area contributed by atoms with Gasteiger partial charge in [-0.15, -0.1) is 0 Å². The molecule has 22 heavy (non-hydrogen) atoms. The van der Waals surface area contributed by atoms with Gasteiger partial charge in [-0.1, -0.05) is 26.7 Å². The van der Waals surface area contributed by atoms with E-state index < -0.39 is 11.9 Å². The van der Waals surface area contributed by atoms with Crippen molar-refractivity contribution in [1.29, 1.82) is 0 Å². The lowest BCUT2D eigenvalue weighted by molar-refractivity contribution is -0.141. The summed E-state index contributed by atoms with van der Waals surface area (Å²) in [6.45, 7) is 5.69. The monoisotopic (exact) mass is 314 g/mol. The molecule has 1 saturated carbocycles. The highest BCUT2D eigenvalue weighted by molar-refractivity contribution is 5.95. The first-order valence-electron chi connectivity index (χ1n) is 7.56. The standard InChI is InChI=1S/C16H21F3N2O/c1-9-5-4-6-13(10(9)2)21-15(22)12-7-8-14(16(17,18)19)20-11(12)3/h7-10,13H,4-6H2,1-3H3,(H,21,22)/t9-,10+,13-/m1/s1. The molecule has 1 heterocycles.